The molecule has 1 atom stereocenters. The lowest BCUT2D eigenvalue weighted by molar-refractivity contribution is 0.550. The van der Waals surface area contributed by atoms with Crippen molar-refractivity contribution in [2.75, 3.05) is 6.54 Å². The Labute approximate surface area is 114 Å². The lowest BCUT2D eigenvalue weighted by Gasteiger charge is -2.18. The van der Waals surface area contributed by atoms with Crippen molar-refractivity contribution in [3.8, 4) is 0 Å². The van der Waals surface area contributed by atoms with Gasteiger partial charge in [0.15, 0.2) is 0 Å². The van der Waals surface area contributed by atoms with Crippen molar-refractivity contribution in [2.24, 2.45) is 14.1 Å². The lowest BCUT2D eigenvalue weighted by Crippen LogP contribution is -2.25. The summed E-state index contributed by atoms with van der Waals surface area (Å²) >= 11 is 0. The van der Waals surface area contributed by atoms with E-state index in [0.717, 1.165) is 25.1 Å². The first-order valence-electron chi connectivity index (χ1n) is 6.91. The van der Waals surface area contributed by atoms with E-state index < -0.39 is 0 Å². The summed E-state index contributed by atoms with van der Waals surface area (Å²) in [5.74, 6) is 0. The fourth-order valence-electron chi connectivity index (χ4n) is 2.40. The smallest absolute Gasteiger partial charge is 0.0781 e. The highest BCUT2D eigenvalue weighted by molar-refractivity contribution is 5.29. The first kappa shape index (κ1) is 13.8. The third kappa shape index (κ3) is 2.87. The maximum Gasteiger partial charge on any atom is 0.0781 e. The van der Waals surface area contributed by atoms with E-state index in [-0.39, 0.29) is 6.04 Å². The zero-order valence-corrected chi connectivity index (χ0v) is 12.2. The van der Waals surface area contributed by atoms with Crippen LogP contribution in [0.15, 0.2) is 18.5 Å². The van der Waals surface area contributed by atoms with E-state index in [1.54, 1.807) is 0 Å². The van der Waals surface area contributed by atoms with Crippen molar-refractivity contribution >= 4 is 0 Å². The summed E-state index contributed by atoms with van der Waals surface area (Å²) in [6.45, 7) is 5.30. The molecule has 0 spiro atoms. The first-order valence-corrected chi connectivity index (χ1v) is 6.91. The molecule has 2 heterocycles. The van der Waals surface area contributed by atoms with Gasteiger partial charge in [0, 0.05) is 32.1 Å². The van der Waals surface area contributed by atoms with Crippen LogP contribution in [0.5, 0.6) is 0 Å². The van der Waals surface area contributed by atoms with Gasteiger partial charge in [0.05, 0.1) is 17.4 Å². The summed E-state index contributed by atoms with van der Waals surface area (Å²) in [4.78, 5) is 0. The van der Waals surface area contributed by atoms with Gasteiger partial charge in [-0.2, -0.15) is 10.2 Å². The molecular formula is C14H23N5. The summed E-state index contributed by atoms with van der Waals surface area (Å²) < 4.78 is 3.82. The van der Waals surface area contributed by atoms with E-state index in [9.17, 15) is 0 Å². The monoisotopic (exact) mass is 261 g/mol. The Balaban J connectivity index is 2.39. The minimum atomic E-state index is 0.163. The highest BCUT2D eigenvalue weighted by Crippen LogP contribution is 2.24. The topological polar surface area (TPSA) is 47.7 Å². The Hall–Kier alpha value is -1.62. The molecule has 1 N–H and O–H groups in total. The Morgan fingerprint density at radius 1 is 1.32 bits per heavy atom. The summed E-state index contributed by atoms with van der Waals surface area (Å²) in [5.41, 5.74) is 3.58. The molecule has 5 heteroatoms. The molecular weight excluding hydrogens is 238 g/mol. The van der Waals surface area contributed by atoms with Crippen LogP contribution in [0.1, 0.15) is 43.3 Å². The van der Waals surface area contributed by atoms with Crippen molar-refractivity contribution < 1.29 is 0 Å². The maximum atomic E-state index is 4.54. The fourth-order valence-corrected chi connectivity index (χ4v) is 2.40. The molecule has 0 aliphatic rings. The predicted octanol–water partition coefficient (Wildman–Crippen LogP) is 1.80. The number of nitrogens with zero attached hydrogens (tertiary/aromatic N) is 4. The molecule has 0 aromatic carbocycles. The molecule has 1 unspecified atom stereocenters. The summed E-state index contributed by atoms with van der Waals surface area (Å²) in [6.07, 6.45) is 6.01. The van der Waals surface area contributed by atoms with Crippen LogP contribution in [0.25, 0.3) is 0 Å². The van der Waals surface area contributed by atoms with E-state index in [0.29, 0.717) is 0 Å². The molecule has 0 radical (unpaired) electrons. The average molecular weight is 261 g/mol. The summed E-state index contributed by atoms with van der Waals surface area (Å²) in [7, 11) is 3.96. The van der Waals surface area contributed by atoms with Crippen LogP contribution in [-0.4, -0.2) is 26.1 Å². The van der Waals surface area contributed by atoms with Gasteiger partial charge in [-0.15, -0.1) is 0 Å². The van der Waals surface area contributed by atoms with Gasteiger partial charge in [0.25, 0.3) is 0 Å². The minimum Gasteiger partial charge on any atom is -0.305 e. The molecule has 0 aliphatic heterocycles. The SMILES string of the molecule is CCCNC(c1cn(C)nc1CC)c1ccnn1C. The number of rotatable bonds is 6. The fraction of sp³-hybridized carbons (Fsp3) is 0.571. The second kappa shape index (κ2) is 6.02. The second-order valence-electron chi connectivity index (χ2n) is 4.83. The molecule has 19 heavy (non-hydrogen) atoms. The van der Waals surface area contributed by atoms with Gasteiger partial charge < -0.3 is 5.32 Å². The van der Waals surface area contributed by atoms with E-state index in [2.05, 4.69) is 41.6 Å². The third-order valence-corrected chi connectivity index (χ3v) is 3.34. The van der Waals surface area contributed by atoms with E-state index in [1.165, 1.54) is 11.3 Å². The molecule has 0 fully saturated rings. The summed E-state index contributed by atoms with van der Waals surface area (Å²) in [6, 6.07) is 2.23. The van der Waals surface area contributed by atoms with Gasteiger partial charge in [0.1, 0.15) is 0 Å². The highest BCUT2D eigenvalue weighted by atomic mass is 15.3. The molecule has 0 saturated heterocycles. The van der Waals surface area contributed by atoms with E-state index in [4.69, 9.17) is 0 Å². The van der Waals surface area contributed by atoms with Crippen molar-refractivity contribution in [1.29, 1.82) is 0 Å². The highest BCUT2D eigenvalue weighted by Gasteiger charge is 2.21. The van der Waals surface area contributed by atoms with Crippen molar-refractivity contribution in [3.05, 3.63) is 35.4 Å². The minimum absolute atomic E-state index is 0.163. The van der Waals surface area contributed by atoms with Crippen LogP contribution in [0.3, 0.4) is 0 Å². The van der Waals surface area contributed by atoms with E-state index in [1.807, 2.05) is 29.7 Å². The van der Waals surface area contributed by atoms with Crippen LogP contribution >= 0.6 is 0 Å². The van der Waals surface area contributed by atoms with Crippen LogP contribution in [0, 0.1) is 0 Å². The van der Waals surface area contributed by atoms with Gasteiger partial charge in [-0.3, -0.25) is 9.36 Å². The number of aromatic nitrogens is 4. The first-order chi connectivity index (χ1) is 9.17. The average Bonchev–Trinajstić information content (AvgIpc) is 2.97. The second-order valence-corrected chi connectivity index (χ2v) is 4.83. The van der Waals surface area contributed by atoms with Crippen molar-refractivity contribution in [2.45, 2.75) is 32.7 Å². The van der Waals surface area contributed by atoms with Crippen molar-refractivity contribution in [1.82, 2.24) is 24.9 Å². The summed E-state index contributed by atoms with van der Waals surface area (Å²) in [5, 5.41) is 12.4. The zero-order chi connectivity index (χ0) is 13.8. The number of hydrogen-bond donors (Lipinski definition) is 1. The van der Waals surface area contributed by atoms with Crippen LogP contribution in [0.4, 0.5) is 0 Å². The van der Waals surface area contributed by atoms with Gasteiger partial charge in [0.2, 0.25) is 0 Å². The molecule has 0 aliphatic carbocycles. The van der Waals surface area contributed by atoms with Gasteiger partial charge in [-0.1, -0.05) is 13.8 Å². The number of nitrogens with one attached hydrogen (secondary N) is 1. The third-order valence-electron chi connectivity index (χ3n) is 3.34. The van der Waals surface area contributed by atoms with Gasteiger partial charge in [-0.25, -0.2) is 0 Å². The standard InChI is InChI=1S/C14H23N5/c1-5-8-15-14(13-7-9-16-19(13)4)11-10-18(3)17-12(11)6-2/h7,9-10,14-15H,5-6,8H2,1-4H3. The Kier molecular flexibility index (Phi) is 4.37. The van der Waals surface area contributed by atoms with E-state index >= 15 is 0 Å². The molecule has 104 valence electrons. The number of hydrogen-bond acceptors (Lipinski definition) is 3. The van der Waals surface area contributed by atoms with Crippen molar-refractivity contribution in [3.63, 3.8) is 0 Å². The van der Waals surface area contributed by atoms with Crippen LogP contribution in [-0.2, 0) is 20.5 Å². The molecule has 2 aromatic rings. The Morgan fingerprint density at radius 3 is 2.68 bits per heavy atom. The normalized spacial score (nSPS) is 12.8. The van der Waals surface area contributed by atoms with Gasteiger partial charge in [-0.05, 0) is 25.5 Å². The molecule has 2 aromatic heterocycles. The quantitative estimate of drug-likeness (QED) is 0.862. The maximum absolute atomic E-state index is 4.54. The van der Waals surface area contributed by atoms with Crippen LogP contribution in [0.2, 0.25) is 0 Å². The lowest BCUT2D eigenvalue weighted by atomic mass is 10.0. The Bertz CT molecular complexity index is 526. The van der Waals surface area contributed by atoms with Crippen LogP contribution < -0.4 is 5.32 Å². The molecule has 5 nitrogen and oxygen atoms in total. The predicted molar refractivity (Wildman–Crippen MR) is 75.9 cm³/mol. The molecule has 2 rings (SSSR count). The molecule has 0 bridgehead atoms. The number of aryl methyl sites for hydroxylation is 3. The molecule has 0 amide bonds. The largest absolute Gasteiger partial charge is 0.305 e. The van der Waals surface area contributed by atoms with Gasteiger partial charge >= 0.3 is 0 Å². The zero-order valence-electron chi connectivity index (χ0n) is 12.2. The Morgan fingerprint density at radius 2 is 2.11 bits per heavy atom. The molecule has 0 saturated carbocycles.